The van der Waals surface area contributed by atoms with E-state index in [1.165, 1.54) is 4.68 Å². The lowest BCUT2D eigenvalue weighted by atomic mass is 10.1. The third-order valence-corrected chi connectivity index (χ3v) is 3.00. The van der Waals surface area contributed by atoms with Gasteiger partial charge in [0.15, 0.2) is 0 Å². The number of aryl methyl sites for hydroxylation is 1. The van der Waals surface area contributed by atoms with Crippen LogP contribution in [-0.2, 0) is 13.6 Å². The predicted molar refractivity (Wildman–Crippen MR) is 70.2 cm³/mol. The van der Waals surface area contributed by atoms with Gasteiger partial charge in [-0.15, -0.1) is 0 Å². The average molecular weight is 237 g/mol. The molecule has 0 spiro atoms. The lowest BCUT2D eigenvalue weighted by molar-refractivity contribution is 0.525. The fraction of sp³-hybridized carbons (Fsp3) is 0.692. The van der Waals surface area contributed by atoms with Gasteiger partial charge in [-0.05, 0) is 25.3 Å². The summed E-state index contributed by atoms with van der Waals surface area (Å²) in [6.45, 7) is 9.03. The highest BCUT2D eigenvalue weighted by atomic mass is 16.1. The third-order valence-electron chi connectivity index (χ3n) is 3.00. The van der Waals surface area contributed by atoms with E-state index in [0.717, 1.165) is 17.7 Å². The first-order valence-corrected chi connectivity index (χ1v) is 6.26. The highest BCUT2D eigenvalue weighted by molar-refractivity contribution is 5.15. The minimum absolute atomic E-state index is 0.00907. The summed E-state index contributed by atoms with van der Waals surface area (Å²) in [7, 11) is 1.71. The highest BCUT2D eigenvalue weighted by Crippen LogP contribution is 2.10. The number of rotatable bonds is 5. The van der Waals surface area contributed by atoms with Gasteiger partial charge in [-0.3, -0.25) is 4.79 Å². The molecular formula is C13H23N3O. The maximum Gasteiger partial charge on any atom is 0.270 e. The molecule has 1 N–H and O–H groups in total. The largest absolute Gasteiger partial charge is 0.310 e. The number of nitrogens with one attached hydrogen (secondary N) is 1. The molecular weight excluding hydrogens is 214 g/mol. The van der Waals surface area contributed by atoms with Gasteiger partial charge in [0.1, 0.15) is 0 Å². The van der Waals surface area contributed by atoms with E-state index in [-0.39, 0.29) is 5.56 Å². The van der Waals surface area contributed by atoms with E-state index in [0.29, 0.717) is 18.5 Å². The van der Waals surface area contributed by atoms with Crippen LogP contribution < -0.4 is 10.9 Å². The van der Waals surface area contributed by atoms with Gasteiger partial charge in [0.25, 0.3) is 5.56 Å². The van der Waals surface area contributed by atoms with Crippen molar-refractivity contribution in [1.82, 2.24) is 15.1 Å². The fourth-order valence-electron chi connectivity index (χ4n) is 1.53. The van der Waals surface area contributed by atoms with E-state index in [1.807, 2.05) is 6.07 Å². The van der Waals surface area contributed by atoms with E-state index in [9.17, 15) is 4.79 Å². The second kappa shape index (κ2) is 5.96. The van der Waals surface area contributed by atoms with Crippen LogP contribution in [0.5, 0.6) is 0 Å². The lowest BCUT2D eigenvalue weighted by Crippen LogP contribution is -2.31. The minimum Gasteiger partial charge on any atom is -0.310 e. The number of hydrogen-bond acceptors (Lipinski definition) is 3. The number of aromatic nitrogens is 2. The van der Waals surface area contributed by atoms with Crippen molar-refractivity contribution < 1.29 is 0 Å². The molecule has 96 valence electrons. The van der Waals surface area contributed by atoms with Crippen LogP contribution in [0.2, 0.25) is 0 Å². The Hall–Kier alpha value is -1.16. The molecule has 1 aromatic heterocycles. The van der Waals surface area contributed by atoms with Gasteiger partial charge in [-0.2, -0.15) is 5.10 Å². The molecule has 0 bridgehead atoms. The van der Waals surface area contributed by atoms with Gasteiger partial charge >= 0.3 is 0 Å². The van der Waals surface area contributed by atoms with Crippen molar-refractivity contribution in [3.63, 3.8) is 0 Å². The first-order valence-electron chi connectivity index (χ1n) is 6.26. The molecule has 17 heavy (non-hydrogen) atoms. The van der Waals surface area contributed by atoms with Crippen LogP contribution in [0.25, 0.3) is 0 Å². The molecule has 0 fully saturated rings. The van der Waals surface area contributed by atoms with Crippen LogP contribution in [0.4, 0.5) is 0 Å². The molecule has 0 saturated carbocycles. The second-order valence-electron chi connectivity index (χ2n) is 4.87. The Morgan fingerprint density at radius 1 is 1.41 bits per heavy atom. The summed E-state index contributed by atoms with van der Waals surface area (Å²) in [6.07, 6.45) is 1.06. The van der Waals surface area contributed by atoms with Crippen molar-refractivity contribution in [3.8, 4) is 0 Å². The molecule has 0 aliphatic heterocycles. The number of nitrogens with zero attached hydrogens (tertiary/aromatic N) is 2. The van der Waals surface area contributed by atoms with E-state index in [2.05, 4.69) is 38.1 Å². The van der Waals surface area contributed by atoms with E-state index >= 15 is 0 Å². The minimum atomic E-state index is -0.00907. The SMILES string of the molecule is CCC(C)NCc1cc(C(C)C)nn(C)c1=O. The Kier molecular flexibility index (Phi) is 4.87. The zero-order valence-corrected chi connectivity index (χ0v) is 11.4. The topological polar surface area (TPSA) is 46.9 Å². The predicted octanol–water partition coefficient (Wildman–Crippen LogP) is 1.79. The van der Waals surface area contributed by atoms with Crippen molar-refractivity contribution in [3.05, 3.63) is 27.7 Å². The normalized spacial score (nSPS) is 13.1. The molecule has 1 aromatic rings. The molecule has 0 radical (unpaired) electrons. The molecule has 0 amide bonds. The molecule has 1 unspecified atom stereocenters. The van der Waals surface area contributed by atoms with Crippen LogP contribution in [0.3, 0.4) is 0 Å². The monoisotopic (exact) mass is 237 g/mol. The van der Waals surface area contributed by atoms with Crippen LogP contribution in [0.1, 0.15) is 51.3 Å². The Labute approximate surface area is 103 Å². The molecule has 1 rings (SSSR count). The molecule has 4 nitrogen and oxygen atoms in total. The van der Waals surface area contributed by atoms with Gasteiger partial charge in [0, 0.05) is 25.2 Å². The van der Waals surface area contributed by atoms with E-state index in [1.54, 1.807) is 7.05 Å². The summed E-state index contributed by atoms with van der Waals surface area (Å²) in [4.78, 5) is 11.9. The maximum absolute atomic E-state index is 11.9. The Morgan fingerprint density at radius 3 is 2.59 bits per heavy atom. The summed E-state index contributed by atoms with van der Waals surface area (Å²) in [6, 6.07) is 2.35. The van der Waals surface area contributed by atoms with E-state index < -0.39 is 0 Å². The summed E-state index contributed by atoms with van der Waals surface area (Å²) >= 11 is 0. The maximum atomic E-state index is 11.9. The summed E-state index contributed by atoms with van der Waals surface area (Å²) in [5.41, 5.74) is 1.75. The van der Waals surface area contributed by atoms with Crippen molar-refractivity contribution in [2.24, 2.45) is 7.05 Å². The van der Waals surface area contributed by atoms with Gasteiger partial charge in [0.05, 0.1) is 5.69 Å². The average Bonchev–Trinajstić information content (AvgIpc) is 2.30. The van der Waals surface area contributed by atoms with E-state index in [4.69, 9.17) is 0 Å². The Morgan fingerprint density at radius 2 is 2.06 bits per heavy atom. The molecule has 0 aliphatic rings. The highest BCUT2D eigenvalue weighted by Gasteiger charge is 2.09. The first-order chi connectivity index (χ1) is 7.95. The van der Waals surface area contributed by atoms with Gasteiger partial charge < -0.3 is 5.32 Å². The van der Waals surface area contributed by atoms with Gasteiger partial charge in [-0.25, -0.2) is 4.68 Å². The lowest BCUT2D eigenvalue weighted by Gasteiger charge is -2.13. The Bertz CT molecular complexity index is 423. The van der Waals surface area contributed by atoms with Crippen molar-refractivity contribution in [2.45, 2.75) is 52.6 Å². The van der Waals surface area contributed by atoms with Crippen LogP contribution in [0, 0.1) is 0 Å². The standard InChI is InChI=1S/C13H23N3O/c1-6-10(4)14-8-11-7-12(9(2)3)15-16(5)13(11)17/h7,9-10,14H,6,8H2,1-5H3. The molecule has 0 aliphatic carbocycles. The molecule has 4 heteroatoms. The fourth-order valence-corrected chi connectivity index (χ4v) is 1.53. The summed E-state index contributed by atoms with van der Waals surface area (Å²) < 4.78 is 1.43. The first kappa shape index (κ1) is 13.9. The quantitative estimate of drug-likeness (QED) is 0.849. The van der Waals surface area contributed by atoms with Crippen molar-refractivity contribution in [2.75, 3.05) is 0 Å². The summed E-state index contributed by atoms with van der Waals surface area (Å²) in [5, 5.41) is 7.60. The second-order valence-corrected chi connectivity index (χ2v) is 4.87. The third kappa shape index (κ3) is 3.66. The zero-order valence-electron chi connectivity index (χ0n) is 11.4. The van der Waals surface area contributed by atoms with Gasteiger partial charge in [0.2, 0.25) is 0 Å². The van der Waals surface area contributed by atoms with Crippen LogP contribution >= 0.6 is 0 Å². The smallest absolute Gasteiger partial charge is 0.270 e. The molecule has 1 heterocycles. The molecule has 1 atom stereocenters. The summed E-state index contributed by atoms with van der Waals surface area (Å²) in [5.74, 6) is 0.337. The van der Waals surface area contributed by atoms with Crippen LogP contribution in [0.15, 0.2) is 10.9 Å². The van der Waals surface area contributed by atoms with Gasteiger partial charge in [-0.1, -0.05) is 20.8 Å². The number of hydrogen-bond donors (Lipinski definition) is 1. The van der Waals surface area contributed by atoms with Crippen molar-refractivity contribution >= 4 is 0 Å². The zero-order chi connectivity index (χ0) is 13.0. The molecule has 0 aromatic carbocycles. The van der Waals surface area contributed by atoms with Crippen molar-refractivity contribution in [1.29, 1.82) is 0 Å². The molecule has 0 saturated heterocycles. The Balaban J connectivity index is 2.94. The van der Waals surface area contributed by atoms with Crippen LogP contribution in [-0.4, -0.2) is 15.8 Å².